The van der Waals surface area contributed by atoms with Gasteiger partial charge in [0.1, 0.15) is 5.82 Å². The van der Waals surface area contributed by atoms with E-state index >= 15 is 0 Å². The van der Waals surface area contributed by atoms with Crippen molar-refractivity contribution in [3.8, 4) is 0 Å². The first-order chi connectivity index (χ1) is 11.6. The molecule has 1 aliphatic carbocycles. The van der Waals surface area contributed by atoms with E-state index in [1.54, 1.807) is 24.3 Å². The lowest BCUT2D eigenvalue weighted by atomic mass is 10.2. The van der Waals surface area contributed by atoms with Crippen LogP contribution in [0.3, 0.4) is 0 Å². The van der Waals surface area contributed by atoms with Gasteiger partial charge in [-0.25, -0.2) is 0 Å². The van der Waals surface area contributed by atoms with Gasteiger partial charge in [-0.05, 0) is 37.1 Å². The monoisotopic (exact) mass is 325 g/mol. The molecule has 7 heteroatoms. The van der Waals surface area contributed by atoms with Crippen LogP contribution in [-0.4, -0.2) is 26.6 Å². The average Bonchev–Trinajstić information content (AvgIpc) is 3.36. The molecule has 1 aromatic carbocycles. The van der Waals surface area contributed by atoms with Crippen LogP contribution in [0.5, 0.6) is 0 Å². The molecule has 1 saturated carbocycles. The van der Waals surface area contributed by atoms with Crippen LogP contribution < -0.4 is 10.6 Å². The summed E-state index contributed by atoms with van der Waals surface area (Å²) in [7, 11) is 1.92. The van der Waals surface area contributed by atoms with Crippen LogP contribution >= 0.6 is 0 Å². The van der Waals surface area contributed by atoms with E-state index in [4.69, 9.17) is 0 Å². The van der Waals surface area contributed by atoms with E-state index in [9.17, 15) is 9.59 Å². The number of anilines is 1. The summed E-state index contributed by atoms with van der Waals surface area (Å²) in [6.45, 7) is 3.70. The van der Waals surface area contributed by atoms with Crippen molar-refractivity contribution in [2.24, 2.45) is 7.05 Å². The number of amides is 2. The van der Waals surface area contributed by atoms with Crippen molar-refractivity contribution in [2.75, 3.05) is 5.32 Å². The summed E-state index contributed by atoms with van der Waals surface area (Å²) >= 11 is 0. The van der Waals surface area contributed by atoms with E-state index in [1.807, 2.05) is 11.6 Å². The molecule has 0 spiro atoms. The molecule has 2 amide bonds. The molecule has 0 atom stereocenters. The van der Waals surface area contributed by atoms with Crippen molar-refractivity contribution < 1.29 is 9.59 Å². The predicted molar refractivity (Wildman–Crippen MR) is 89.4 cm³/mol. The molecule has 3 rings (SSSR count). The van der Waals surface area contributed by atoms with Gasteiger partial charge in [-0.3, -0.25) is 9.59 Å². The lowest BCUT2D eigenvalue weighted by Crippen LogP contribution is -2.24. The van der Waals surface area contributed by atoms with Gasteiger partial charge in [0.05, 0.1) is 6.54 Å². The van der Waals surface area contributed by atoms with Crippen molar-refractivity contribution in [3.63, 3.8) is 0 Å². The molecule has 0 unspecified atom stereocenters. The van der Waals surface area contributed by atoms with Crippen LogP contribution in [0.15, 0.2) is 36.9 Å². The lowest BCUT2D eigenvalue weighted by Gasteiger charge is -2.08. The fourth-order valence-electron chi connectivity index (χ4n) is 2.42. The Labute approximate surface area is 139 Å². The minimum absolute atomic E-state index is 0.235. The summed E-state index contributed by atoms with van der Waals surface area (Å²) in [6, 6.07) is 6.72. The summed E-state index contributed by atoms with van der Waals surface area (Å²) in [4.78, 5) is 23.6. The molecule has 1 aromatic heterocycles. The Kier molecular flexibility index (Phi) is 4.41. The second kappa shape index (κ2) is 6.66. The Hall–Kier alpha value is -2.96. The molecule has 0 saturated heterocycles. The van der Waals surface area contributed by atoms with E-state index in [0.717, 1.165) is 24.5 Å². The number of hydrogen-bond acceptors (Lipinski definition) is 4. The quantitative estimate of drug-likeness (QED) is 0.792. The number of hydrogen-bond donors (Lipinski definition) is 2. The number of nitrogens with zero attached hydrogens (tertiary/aromatic N) is 3. The molecule has 0 radical (unpaired) electrons. The molecule has 7 nitrogen and oxygen atoms in total. The van der Waals surface area contributed by atoms with Gasteiger partial charge in [-0.1, -0.05) is 12.6 Å². The van der Waals surface area contributed by atoms with Gasteiger partial charge in [0.25, 0.3) is 5.91 Å². The Morgan fingerprint density at radius 3 is 2.88 bits per heavy atom. The zero-order valence-corrected chi connectivity index (χ0v) is 13.5. The van der Waals surface area contributed by atoms with E-state index in [0.29, 0.717) is 23.7 Å². The zero-order valence-electron chi connectivity index (χ0n) is 13.5. The minimum Gasteiger partial charge on any atom is -0.345 e. The highest BCUT2D eigenvalue weighted by Crippen LogP contribution is 2.38. The maximum Gasteiger partial charge on any atom is 0.251 e. The minimum atomic E-state index is -0.320. The van der Waals surface area contributed by atoms with Crippen molar-refractivity contribution >= 4 is 17.5 Å². The topological polar surface area (TPSA) is 88.9 Å². The van der Waals surface area contributed by atoms with Gasteiger partial charge in [-0.15, -0.1) is 10.2 Å². The number of nitrogens with one attached hydrogen (secondary N) is 2. The van der Waals surface area contributed by atoms with Crippen LogP contribution in [0.1, 0.15) is 40.8 Å². The van der Waals surface area contributed by atoms with Crippen LogP contribution in [0.4, 0.5) is 5.69 Å². The first-order valence-corrected chi connectivity index (χ1v) is 7.78. The molecular weight excluding hydrogens is 306 g/mol. The van der Waals surface area contributed by atoms with Crippen molar-refractivity contribution in [2.45, 2.75) is 25.3 Å². The van der Waals surface area contributed by atoms with Crippen LogP contribution in [0, 0.1) is 0 Å². The summed E-state index contributed by atoms with van der Waals surface area (Å²) < 4.78 is 1.94. The molecule has 0 bridgehead atoms. The molecule has 124 valence electrons. The van der Waals surface area contributed by atoms with Gasteiger partial charge in [-0.2, -0.15) is 0 Å². The number of aromatic nitrogens is 3. The maximum absolute atomic E-state index is 12.3. The van der Waals surface area contributed by atoms with Gasteiger partial charge >= 0.3 is 0 Å². The SMILES string of the molecule is C=CC(=O)Nc1cccc(C(=O)NCc2nnc(C3CC3)n2C)c1. The van der Waals surface area contributed by atoms with Gasteiger partial charge < -0.3 is 15.2 Å². The molecule has 24 heavy (non-hydrogen) atoms. The first-order valence-electron chi connectivity index (χ1n) is 7.78. The van der Waals surface area contributed by atoms with Crippen LogP contribution in [-0.2, 0) is 18.4 Å². The Morgan fingerprint density at radius 2 is 2.17 bits per heavy atom. The average molecular weight is 325 g/mol. The van der Waals surface area contributed by atoms with E-state index in [1.165, 1.54) is 6.08 Å². The van der Waals surface area contributed by atoms with Crippen molar-refractivity contribution in [1.29, 1.82) is 0 Å². The number of carbonyl (C=O) groups excluding carboxylic acids is 2. The molecule has 1 aliphatic rings. The molecule has 1 fully saturated rings. The molecular formula is C17H19N5O2. The van der Waals surface area contributed by atoms with Crippen LogP contribution in [0.2, 0.25) is 0 Å². The van der Waals surface area contributed by atoms with Gasteiger partial charge in [0, 0.05) is 24.2 Å². The predicted octanol–water partition coefficient (Wildman–Crippen LogP) is 1.75. The van der Waals surface area contributed by atoms with E-state index < -0.39 is 0 Å². The summed E-state index contributed by atoms with van der Waals surface area (Å²) in [5.41, 5.74) is 1.00. The highest BCUT2D eigenvalue weighted by Gasteiger charge is 2.29. The van der Waals surface area contributed by atoms with Crippen molar-refractivity contribution in [1.82, 2.24) is 20.1 Å². The largest absolute Gasteiger partial charge is 0.345 e. The maximum atomic E-state index is 12.3. The number of carbonyl (C=O) groups is 2. The van der Waals surface area contributed by atoms with Gasteiger partial charge in [0.2, 0.25) is 5.91 Å². The first kappa shape index (κ1) is 15.9. The summed E-state index contributed by atoms with van der Waals surface area (Å²) in [5, 5.41) is 13.8. The third-order valence-corrected chi connectivity index (χ3v) is 3.93. The normalized spacial score (nSPS) is 13.4. The molecule has 1 heterocycles. The standard InChI is InChI=1S/C17H19N5O2/c1-3-15(23)19-13-6-4-5-12(9-13)17(24)18-10-14-20-21-16(22(14)2)11-7-8-11/h3-6,9,11H,1,7-8,10H2,2H3,(H,18,24)(H,19,23). The van der Waals surface area contributed by atoms with E-state index in [-0.39, 0.29) is 11.8 Å². The second-order valence-electron chi connectivity index (χ2n) is 5.76. The third-order valence-electron chi connectivity index (χ3n) is 3.93. The third kappa shape index (κ3) is 3.51. The fourth-order valence-corrected chi connectivity index (χ4v) is 2.42. The Bertz CT molecular complexity index is 792. The second-order valence-corrected chi connectivity index (χ2v) is 5.76. The summed E-state index contributed by atoms with van der Waals surface area (Å²) in [6.07, 6.45) is 3.49. The smallest absolute Gasteiger partial charge is 0.251 e. The van der Waals surface area contributed by atoms with Crippen molar-refractivity contribution in [3.05, 3.63) is 54.1 Å². The van der Waals surface area contributed by atoms with Gasteiger partial charge in [0.15, 0.2) is 5.82 Å². The summed E-state index contributed by atoms with van der Waals surface area (Å²) in [5.74, 6) is 1.66. The molecule has 0 aliphatic heterocycles. The number of rotatable bonds is 6. The fraction of sp³-hybridized carbons (Fsp3) is 0.294. The lowest BCUT2D eigenvalue weighted by molar-refractivity contribution is -0.111. The highest BCUT2D eigenvalue weighted by atomic mass is 16.2. The highest BCUT2D eigenvalue weighted by molar-refractivity contribution is 6.00. The molecule has 2 N–H and O–H groups in total. The number of benzene rings is 1. The van der Waals surface area contributed by atoms with Crippen LogP contribution in [0.25, 0.3) is 0 Å². The molecule has 2 aromatic rings. The Morgan fingerprint density at radius 1 is 1.38 bits per heavy atom. The van der Waals surface area contributed by atoms with E-state index in [2.05, 4.69) is 27.4 Å². The zero-order chi connectivity index (χ0) is 17.1. The Balaban J connectivity index is 1.63.